The van der Waals surface area contributed by atoms with Crippen molar-refractivity contribution in [1.29, 1.82) is 0 Å². The van der Waals surface area contributed by atoms with E-state index in [0.717, 1.165) is 10.9 Å². The van der Waals surface area contributed by atoms with Crippen molar-refractivity contribution in [2.45, 2.75) is 33.2 Å². The lowest BCUT2D eigenvalue weighted by Crippen LogP contribution is -2.50. The van der Waals surface area contributed by atoms with Gasteiger partial charge in [-0.25, -0.2) is 4.98 Å². The van der Waals surface area contributed by atoms with Gasteiger partial charge < -0.3 is 10.4 Å². The van der Waals surface area contributed by atoms with Crippen molar-refractivity contribution in [2.24, 2.45) is 5.41 Å². The second-order valence-electron chi connectivity index (χ2n) is 6.07. The van der Waals surface area contributed by atoms with Gasteiger partial charge in [0, 0.05) is 10.9 Å². The molecule has 1 aromatic carbocycles. The van der Waals surface area contributed by atoms with Gasteiger partial charge in [-0.05, 0) is 45.9 Å². The number of nitrogens with zero attached hydrogens (tertiary/aromatic N) is 1. The van der Waals surface area contributed by atoms with Crippen LogP contribution in [0.5, 0.6) is 0 Å². The summed E-state index contributed by atoms with van der Waals surface area (Å²) in [5.74, 6) is -0.154. The molecule has 4 heteroatoms. The zero-order chi connectivity index (χ0) is 15.0. The van der Waals surface area contributed by atoms with Gasteiger partial charge in [0.1, 0.15) is 5.82 Å². The number of anilines is 1. The number of carbonyl (C=O) groups is 1. The topological polar surface area (TPSA) is 62.2 Å². The Morgan fingerprint density at radius 3 is 2.40 bits per heavy atom. The third-order valence-electron chi connectivity index (χ3n) is 4.14. The number of nitrogens with one attached hydrogen (secondary N) is 1. The van der Waals surface area contributed by atoms with Gasteiger partial charge in [-0.1, -0.05) is 18.2 Å². The molecule has 4 nitrogen and oxygen atoms in total. The molecule has 20 heavy (non-hydrogen) atoms. The van der Waals surface area contributed by atoms with E-state index in [1.165, 1.54) is 0 Å². The lowest BCUT2D eigenvalue weighted by molar-refractivity contribution is -0.149. The molecule has 0 radical (unpaired) electrons. The van der Waals surface area contributed by atoms with E-state index in [1.807, 2.05) is 50.2 Å². The van der Waals surface area contributed by atoms with Crippen LogP contribution in [0, 0.1) is 5.41 Å². The maximum absolute atomic E-state index is 11.4. The predicted molar refractivity (Wildman–Crippen MR) is 80.9 cm³/mol. The smallest absolute Gasteiger partial charge is 0.311 e. The first-order valence-electron chi connectivity index (χ1n) is 6.61. The van der Waals surface area contributed by atoms with Crippen molar-refractivity contribution in [3.8, 4) is 0 Å². The van der Waals surface area contributed by atoms with E-state index >= 15 is 0 Å². The number of pyridine rings is 1. The molecule has 0 bridgehead atoms. The largest absolute Gasteiger partial charge is 0.481 e. The van der Waals surface area contributed by atoms with Crippen LogP contribution in [-0.4, -0.2) is 21.6 Å². The third-order valence-corrected chi connectivity index (χ3v) is 4.14. The summed E-state index contributed by atoms with van der Waals surface area (Å²) in [4.78, 5) is 15.9. The summed E-state index contributed by atoms with van der Waals surface area (Å²) < 4.78 is 0. The highest BCUT2D eigenvalue weighted by Crippen LogP contribution is 2.33. The van der Waals surface area contributed by atoms with Crippen LogP contribution in [0.4, 0.5) is 5.82 Å². The zero-order valence-corrected chi connectivity index (χ0v) is 12.3. The predicted octanol–water partition coefficient (Wildman–Crippen LogP) is 3.54. The Balaban J connectivity index is 2.34. The van der Waals surface area contributed by atoms with Gasteiger partial charge in [0.05, 0.1) is 10.9 Å². The van der Waals surface area contributed by atoms with Gasteiger partial charge in [0.2, 0.25) is 0 Å². The van der Waals surface area contributed by atoms with Gasteiger partial charge >= 0.3 is 5.97 Å². The number of para-hydroxylation sites is 1. The van der Waals surface area contributed by atoms with Gasteiger partial charge in [0.25, 0.3) is 0 Å². The van der Waals surface area contributed by atoms with Crippen LogP contribution in [0.3, 0.4) is 0 Å². The molecule has 1 aromatic heterocycles. The molecular formula is C16H20N2O2. The van der Waals surface area contributed by atoms with Gasteiger partial charge in [0.15, 0.2) is 0 Å². The van der Waals surface area contributed by atoms with Crippen LogP contribution in [0.15, 0.2) is 36.4 Å². The summed E-state index contributed by atoms with van der Waals surface area (Å²) in [6.45, 7) is 7.17. The van der Waals surface area contributed by atoms with E-state index < -0.39 is 16.9 Å². The normalized spacial score (nSPS) is 12.4. The molecule has 0 aliphatic carbocycles. The number of carboxylic acids is 1. The molecule has 106 valence electrons. The highest BCUT2D eigenvalue weighted by atomic mass is 16.4. The molecule has 1 heterocycles. The maximum Gasteiger partial charge on any atom is 0.311 e. The zero-order valence-electron chi connectivity index (χ0n) is 12.3. The summed E-state index contributed by atoms with van der Waals surface area (Å²) in [7, 11) is 0. The monoisotopic (exact) mass is 272 g/mol. The number of hydrogen-bond donors (Lipinski definition) is 2. The quantitative estimate of drug-likeness (QED) is 0.893. The van der Waals surface area contributed by atoms with E-state index in [-0.39, 0.29) is 0 Å². The minimum Gasteiger partial charge on any atom is -0.481 e. The number of aliphatic carboxylic acids is 1. The summed E-state index contributed by atoms with van der Waals surface area (Å²) in [6.07, 6.45) is 0. The lowest BCUT2D eigenvalue weighted by Gasteiger charge is -2.39. The van der Waals surface area contributed by atoms with Crippen molar-refractivity contribution in [3.63, 3.8) is 0 Å². The fourth-order valence-corrected chi connectivity index (χ4v) is 1.88. The number of carboxylic acid groups (broad SMARTS) is 1. The van der Waals surface area contributed by atoms with E-state index in [2.05, 4.69) is 10.3 Å². The number of rotatable bonds is 4. The van der Waals surface area contributed by atoms with Crippen LogP contribution in [-0.2, 0) is 4.79 Å². The molecular weight excluding hydrogens is 252 g/mol. The summed E-state index contributed by atoms with van der Waals surface area (Å²) in [5.41, 5.74) is -0.657. The first kappa shape index (κ1) is 14.3. The number of hydrogen-bond acceptors (Lipinski definition) is 3. The minimum atomic E-state index is -0.916. The van der Waals surface area contributed by atoms with E-state index in [9.17, 15) is 9.90 Å². The summed E-state index contributed by atoms with van der Waals surface area (Å²) >= 11 is 0. The molecule has 0 unspecified atom stereocenters. The fourth-order valence-electron chi connectivity index (χ4n) is 1.88. The third kappa shape index (κ3) is 2.46. The van der Waals surface area contributed by atoms with Crippen LogP contribution >= 0.6 is 0 Å². The van der Waals surface area contributed by atoms with Gasteiger partial charge in [-0.2, -0.15) is 0 Å². The number of fused-ring (bicyclic) bond motifs is 1. The highest BCUT2D eigenvalue weighted by Gasteiger charge is 2.43. The molecule has 0 aliphatic heterocycles. The average molecular weight is 272 g/mol. The van der Waals surface area contributed by atoms with Crippen molar-refractivity contribution in [1.82, 2.24) is 4.98 Å². The van der Waals surface area contributed by atoms with E-state index in [1.54, 1.807) is 13.8 Å². The van der Waals surface area contributed by atoms with Crippen molar-refractivity contribution in [3.05, 3.63) is 36.4 Å². The molecule has 2 N–H and O–H groups in total. The second-order valence-corrected chi connectivity index (χ2v) is 6.07. The Kier molecular flexibility index (Phi) is 3.42. The first-order valence-corrected chi connectivity index (χ1v) is 6.61. The van der Waals surface area contributed by atoms with Crippen molar-refractivity contribution < 1.29 is 9.90 Å². The number of benzene rings is 1. The molecule has 0 saturated carbocycles. The van der Waals surface area contributed by atoms with Crippen LogP contribution in [0.25, 0.3) is 10.9 Å². The second kappa shape index (κ2) is 4.78. The fraction of sp³-hybridized carbons (Fsp3) is 0.375. The number of aromatic nitrogens is 1. The van der Waals surface area contributed by atoms with Crippen LogP contribution in [0.2, 0.25) is 0 Å². The molecule has 0 aliphatic rings. The average Bonchev–Trinajstić information content (AvgIpc) is 2.37. The highest BCUT2D eigenvalue weighted by molar-refractivity contribution is 5.80. The lowest BCUT2D eigenvalue weighted by atomic mass is 9.74. The Hall–Kier alpha value is -2.10. The van der Waals surface area contributed by atoms with Gasteiger partial charge in [-0.3, -0.25) is 4.79 Å². The first-order chi connectivity index (χ1) is 9.24. The van der Waals surface area contributed by atoms with Crippen LogP contribution < -0.4 is 5.32 Å². The van der Waals surface area contributed by atoms with E-state index in [0.29, 0.717) is 5.82 Å². The van der Waals surface area contributed by atoms with E-state index in [4.69, 9.17) is 0 Å². The Bertz CT molecular complexity index is 648. The SMILES string of the molecule is CC(C)(Nc1ccc2ccccc2n1)C(C)(C)C(=O)O. The molecule has 0 fully saturated rings. The summed E-state index contributed by atoms with van der Waals surface area (Å²) in [6, 6.07) is 11.7. The molecule has 2 rings (SSSR count). The molecule has 0 saturated heterocycles. The summed E-state index contributed by atoms with van der Waals surface area (Å²) in [5, 5.41) is 13.7. The molecule has 0 amide bonds. The van der Waals surface area contributed by atoms with Gasteiger partial charge in [-0.15, -0.1) is 0 Å². The Morgan fingerprint density at radius 1 is 1.10 bits per heavy atom. The maximum atomic E-state index is 11.4. The van der Waals surface area contributed by atoms with Crippen LogP contribution in [0.1, 0.15) is 27.7 Å². The Morgan fingerprint density at radius 2 is 1.75 bits per heavy atom. The molecule has 0 spiro atoms. The minimum absolute atomic E-state index is 0.631. The Labute approximate surface area is 118 Å². The standard InChI is InChI=1S/C16H20N2O2/c1-15(2,14(19)20)16(3,4)18-13-10-9-11-7-5-6-8-12(11)17-13/h5-10H,1-4H3,(H,17,18)(H,19,20). The van der Waals surface area contributed by atoms with Crippen molar-refractivity contribution in [2.75, 3.05) is 5.32 Å². The molecule has 0 atom stereocenters. The molecule has 2 aromatic rings. The van der Waals surface area contributed by atoms with Crippen molar-refractivity contribution >= 4 is 22.7 Å².